The Morgan fingerprint density at radius 2 is 1.55 bits per heavy atom. The minimum absolute atomic E-state index is 0.0394. The molecule has 0 heterocycles. The molecule has 1 aliphatic carbocycles. The number of hydrogen-bond donors (Lipinski definition) is 1. The Morgan fingerprint density at radius 3 is 2.14 bits per heavy atom. The van der Waals surface area contributed by atoms with Crippen LogP contribution in [0.15, 0.2) is 36.4 Å². The standard InChI is InChI=1S/C31H25Cl6F2NO4/c1-13-7-16(40-29(43)25-24(31(25,36)37)15-8-19(32)27(35)20(33)9-15)11-18(26(13)34)22(41)12-17-21(38)6-5-14(28(17)39)10-23(42)44-30(2,3)4/h5-9,11,24-25H,10,12H2,1-4H3,(H,40,43)/t24-,25+/m0/s1. The highest BCUT2D eigenvalue weighted by Crippen LogP contribution is 2.65. The quantitative estimate of drug-likeness (QED) is 0.109. The average Bonchev–Trinajstić information content (AvgIpc) is 3.49. The van der Waals surface area contributed by atoms with Gasteiger partial charge >= 0.3 is 5.97 Å². The predicted molar refractivity (Wildman–Crippen MR) is 171 cm³/mol. The summed E-state index contributed by atoms with van der Waals surface area (Å²) in [6, 6.07) is 7.98. The lowest BCUT2D eigenvalue weighted by Gasteiger charge is -2.19. The summed E-state index contributed by atoms with van der Waals surface area (Å²) in [7, 11) is 0. The maximum Gasteiger partial charge on any atom is 0.310 e. The molecule has 1 aliphatic rings. The molecule has 0 spiro atoms. The number of alkyl halides is 2. The summed E-state index contributed by atoms with van der Waals surface area (Å²) in [5, 5.41) is 3.22. The van der Waals surface area contributed by atoms with Crippen molar-refractivity contribution in [3.05, 3.63) is 95.9 Å². The SMILES string of the molecule is Cc1cc(NC(=O)[C@H]2[C@H](c3cc(Cl)c(Cl)c(Cl)c3)C2(Cl)Cl)cc(C(=O)Cc2c(F)ccc(CC(=O)OC(C)(C)C)c2F)c1Cl. The molecular weight excluding hydrogens is 701 g/mol. The van der Waals surface area contributed by atoms with Crippen LogP contribution >= 0.6 is 69.6 Å². The molecule has 44 heavy (non-hydrogen) atoms. The third-order valence-electron chi connectivity index (χ3n) is 6.88. The van der Waals surface area contributed by atoms with E-state index >= 15 is 4.39 Å². The normalized spacial score (nSPS) is 17.3. The van der Waals surface area contributed by atoms with Gasteiger partial charge in [-0.15, -0.1) is 23.2 Å². The van der Waals surface area contributed by atoms with Crippen LogP contribution in [-0.4, -0.2) is 27.6 Å². The minimum atomic E-state index is -1.48. The number of rotatable bonds is 8. The lowest BCUT2D eigenvalue weighted by atomic mass is 9.97. The second-order valence-corrected chi connectivity index (χ2v) is 14.4. The Labute approximate surface area is 283 Å². The smallest absolute Gasteiger partial charge is 0.310 e. The fraction of sp³-hybridized carbons (Fsp3) is 0.323. The molecule has 0 bridgehead atoms. The van der Waals surface area contributed by atoms with Gasteiger partial charge in [-0.3, -0.25) is 14.4 Å². The Morgan fingerprint density at radius 1 is 0.932 bits per heavy atom. The maximum absolute atomic E-state index is 15.3. The van der Waals surface area contributed by atoms with Gasteiger partial charge < -0.3 is 10.1 Å². The van der Waals surface area contributed by atoms with Gasteiger partial charge in [0.2, 0.25) is 5.91 Å². The first-order valence-corrected chi connectivity index (χ1v) is 15.4. The fourth-order valence-electron chi connectivity index (χ4n) is 4.82. The Kier molecular flexibility index (Phi) is 10.2. The number of halogens is 8. The molecule has 2 atom stereocenters. The van der Waals surface area contributed by atoms with Gasteiger partial charge in [0.1, 0.15) is 21.6 Å². The van der Waals surface area contributed by atoms with Gasteiger partial charge in [0.15, 0.2) is 5.78 Å². The number of carbonyl (C=O) groups is 3. The molecule has 0 aliphatic heterocycles. The third kappa shape index (κ3) is 7.46. The number of anilines is 1. The van der Waals surface area contributed by atoms with Crippen LogP contribution in [0.5, 0.6) is 0 Å². The number of hydrogen-bond acceptors (Lipinski definition) is 4. The number of ketones is 1. The van der Waals surface area contributed by atoms with Crippen molar-refractivity contribution in [2.75, 3.05) is 5.32 Å². The fourth-order valence-corrected chi connectivity index (χ4v) is 6.48. The molecule has 0 radical (unpaired) electrons. The summed E-state index contributed by atoms with van der Waals surface area (Å²) in [4.78, 5) is 38.8. The molecule has 1 fully saturated rings. The van der Waals surface area contributed by atoms with Crippen LogP contribution in [0.1, 0.15) is 59.3 Å². The third-order valence-corrected chi connectivity index (χ3v) is 9.52. The molecule has 3 aromatic rings. The van der Waals surface area contributed by atoms with Crippen molar-refractivity contribution in [3.8, 4) is 0 Å². The maximum atomic E-state index is 15.3. The highest BCUT2D eigenvalue weighted by Gasteiger charge is 2.67. The summed E-state index contributed by atoms with van der Waals surface area (Å²) < 4.78 is 33.8. The summed E-state index contributed by atoms with van der Waals surface area (Å²) in [6.45, 7) is 6.58. The Bertz CT molecular complexity index is 1670. The first kappa shape index (κ1) is 34.7. The van der Waals surface area contributed by atoms with E-state index in [1.807, 2.05) is 0 Å². The predicted octanol–water partition coefficient (Wildman–Crippen LogP) is 9.72. The molecule has 5 nitrogen and oxygen atoms in total. The van der Waals surface area contributed by atoms with Crippen LogP contribution in [0.3, 0.4) is 0 Å². The van der Waals surface area contributed by atoms with Gasteiger partial charge in [-0.05, 0) is 74.7 Å². The van der Waals surface area contributed by atoms with Crippen molar-refractivity contribution in [2.24, 2.45) is 5.92 Å². The minimum Gasteiger partial charge on any atom is -0.460 e. The topological polar surface area (TPSA) is 72.5 Å². The molecule has 1 saturated carbocycles. The number of ether oxygens (including phenoxy) is 1. The summed E-state index contributed by atoms with van der Waals surface area (Å²) in [5.41, 5.74) is -0.427. The lowest BCUT2D eigenvalue weighted by Crippen LogP contribution is -2.25. The van der Waals surface area contributed by atoms with Crippen LogP contribution in [-0.2, 0) is 27.2 Å². The van der Waals surface area contributed by atoms with Crippen molar-refractivity contribution in [2.45, 2.75) is 56.4 Å². The summed E-state index contributed by atoms with van der Waals surface area (Å²) in [5.74, 6) is -5.57. The molecule has 0 saturated heterocycles. The average molecular weight is 726 g/mol. The van der Waals surface area contributed by atoms with E-state index in [9.17, 15) is 18.8 Å². The van der Waals surface area contributed by atoms with E-state index in [1.54, 1.807) is 27.7 Å². The van der Waals surface area contributed by atoms with Crippen LogP contribution in [0.2, 0.25) is 20.1 Å². The van der Waals surface area contributed by atoms with E-state index < -0.39 is 69.5 Å². The Balaban J connectivity index is 1.55. The van der Waals surface area contributed by atoms with Gasteiger partial charge in [0, 0.05) is 29.2 Å². The van der Waals surface area contributed by atoms with Crippen molar-refractivity contribution in [1.82, 2.24) is 0 Å². The number of nitrogens with one attached hydrogen (secondary N) is 1. The zero-order valence-electron chi connectivity index (χ0n) is 23.7. The molecule has 0 unspecified atom stereocenters. The first-order valence-electron chi connectivity index (χ1n) is 13.2. The van der Waals surface area contributed by atoms with Gasteiger partial charge in [-0.2, -0.15) is 0 Å². The highest BCUT2D eigenvalue weighted by atomic mass is 35.5. The van der Waals surface area contributed by atoms with Crippen LogP contribution in [0, 0.1) is 24.5 Å². The van der Waals surface area contributed by atoms with Gasteiger partial charge in [-0.1, -0.05) is 52.5 Å². The zero-order chi connectivity index (χ0) is 32.9. The monoisotopic (exact) mass is 723 g/mol. The van der Waals surface area contributed by atoms with Crippen molar-refractivity contribution in [1.29, 1.82) is 0 Å². The number of benzene rings is 3. The molecule has 1 N–H and O–H groups in total. The second-order valence-electron chi connectivity index (χ2n) is 11.4. The van der Waals surface area contributed by atoms with E-state index in [1.165, 1.54) is 24.3 Å². The highest BCUT2D eigenvalue weighted by molar-refractivity contribution is 6.54. The number of amides is 1. The van der Waals surface area contributed by atoms with Gasteiger partial charge in [0.05, 0.1) is 32.4 Å². The summed E-state index contributed by atoms with van der Waals surface area (Å²) in [6.07, 6.45) is -1.16. The number of esters is 1. The van der Waals surface area contributed by atoms with Crippen molar-refractivity contribution < 1.29 is 27.9 Å². The molecule has 13 heteroatoms. The van der Waals surface area contributed by atoms with E-state index in [0.29, 0.717) is 11.1 Å². The molecule has 3 aromatic carbocycles. The number of aryl methyl sites for hydroxylation is 1. The van der Waals surface area contributed by atoms with Crippen LogP contribution in [0.4, 0.5) is 14.5 Å². The Hall–Kier alpha value is -2.13. The van der Waals surface area contributed by atoms with E-state index in [4.69, 9.17) is 74.3 Å². The van der Waals surface area contributed by atoms with E-state index in [-0.39, 0.29) is 36.9 Å². The number of carbonyl (C=O) groups excluding carboxylic acids is 3. The second kappa shape index (κ2) is 12.9. The van der Waals surface area contributed by atoms with Crippen molar-refractivity contribution >= 4 is 93.0 Å². The largest absolute Gasteiger partial charge is 0.460 e. The van der Waals surface area contributed by atoms with Gasteiger partial charge in [-0.25, -0.2) is 8.78 Å². The number of Topliss-reactive ketones (excluding diaryl/α,β-unsaturated/α-hetero) is 1. The molecule has 4 rings (SSSR count). The zero-order valence-corrected chi connectivity index (χ0v) is 28.2. The molecular formula is C31H25Cl6F2NO4. The lowest BCUT2D eigenvalue weighted by molar-refractivity contribution is -0.154. The van der Waals surface area contributed by atoms with Crippen molar-refractivity contribution in [3.63, 3.8) is 0 Å². The van der Waals surface area contributed by atoms with Crippen LogP contribution < -0.4 is 5.32 Å². The van der Waals surface area contributed by atoms with E-state index in [2.05, 4.69) is 5.32 Å². The van der Waals surface area contributed by atoms with Gasteiger partial charge in [0.25, 0.3) is 0 Å². The molecule has 234 valence electrons. The molecule has 1 amide bonds. The van der Waals surface area contributed by atoms with E-state index in [0.717, 1.165) is 12.1 Å². The first-order chi connectivity index (χ1) is 20.3. The summed E-state index contributed by atoms with van der Waals surface area (Å²) >= 11 is 37.6. The molecule has 0 aromatic heterocycles. The van der Waals surface area contributed by atoms with Crippen LogP contribution in [0.25, 0.3) is 0 Å².